The molecule has 0 bridgehead atoms. The van der Waals surface area contributed by atoms with E-state index in [2.05, 4.69) is 5.32 Å². The Morgan fingerprint density at radius 3 is 2.31 bits per heavy atom. The molecule has 6 heteroatoms. The summed E-state index contributed by atoms with van der Waals surface area (Å²) in [6, 6.07) is 14.5. The number of aliphatic hydroxyl groups excluding tert-OH is 1. The Morgan fingerprint density at radius 1 is 1.08 bits per heavy atom. The molecule has 0 aliphatic heterocycles. The number of nitrogens with zero attached hydrogens (tertiary/aromatic N) is 1. The van der Waals surface area contributed by atoms with Crippen molar-refractivity contribution in [3.8, 4) is 0 Å². The summed E-state index contributed by atoms with van der Waals surface area (Å²) in [7, 11) is 0. The van der Waals surface area contributed by atoms with Crippen LogP contribution in [-0.2, 0) is 22.6 Å². The van der Waals surface area contributed by atoms with Crippen LogP contribution in [0.25, 0.3) is 0 Å². The van der Waals surface area contributed by atoms with Crippen molar-refractivity contribution in [2.45, 2.75) is 25.9 Å². The number of hydrogen-bond donors (Lipinski definition) is 2. The minimum atomic E-state index is -0.730. The van der Waals surface area contributed by atoms with E-state index >= 15 is 0 Å². The lowest BCUT2D eigenvalue weighted by Gasteiger charge is -2.30. The molecule has 26 heavy (non-hydrogen) atoms. The Labute approximate surface area is 152 Å². The Morgan fingerprint density at radius 2 is 1.73 bits per heavy atom. The molecule has 2 aromatic rings. The van der Waals surface area contributed by atoms with Crippen LogP contribution in [0.1, 0.15) is 18.1 Å². The molecule has 0 fully saturated rings. The normalized spacial score (nSPS) is 11.7. The average Bonchev–Trinajstić information content (AvgIpc) is 2.64. The molecule has 0 aromatic heterocycles. The lowest BCUT2D eigenvalue weighted by molar-refractivity contribution is -0.139. The van der Waals surface area contributed by atoms with Gasteiger partial charge in [0, 0.05) is 26.4 Å². The van der Waals surface area contributed by atoms with Gasteiger partial charge < -0.3 is 15.3 Å². The SMILES string of the molecule is CC(=O)N(Cc1ccc(F)cc1)C(Cc1ccccc1)C(=O)NCCO. The van der Waals surface area contributed by atoms with E-state index in [-0.39, 0.29) is 37.3 Å². The van der Waals surface area contributed by atoms with Gasteiger partial charge in [0.15, 0.2) is 0 Å². The minimum absolute atomic E-state index is 0.117. The molecule has 2 aromatic carbocycles. The van der Waals surface area contributed by atoms with Gasteiger partial charge in [-0.3, -0.25) is 9.59 Å². The maximum Gasteiger partial charge on any atom is 0.243 e. The zero-order chi connectivity index (χ0) is 18.9. The first-order valence-corrected chi connectivity index (χ1v) is 8.45. The second kappa shape index (κ2) is 9.68. The fourth-order valence-corrected chi connectivity index (χ4v) is 2.71. The molecule has 1 atom stereocenters. The maximum absolute atomic E-state index is 13.1. The van der Waals surface area contributed by atoms with Crippen molar-refractivity contribution in [1.29, 1.82) is 0 Å². The Kier molecular flexibility index (Phi) is 7.29. The van der Waals surface area contributed by atoms with Crippen LogP contribution in [0.2, 0.25) is 0 Å². The smallest absolute Gasteiger partial charge is 0.243 e. The lowest BCUT2D eigenvalue weighted by atomic mass is 10.0. The Hall–Kier alpha value is -2.73. The molecular formula is C20H23FN2O3. The van der Waals surface area contributed by atoms with Gasteiger partial charge in [-0.2, -0.15) is 0 Å². The molecule has 138 valence electrons. The van der Waals surface area contributed by atoms with Crippen LogP contribution in [0, 0.1) is 5.82 Å². The highest BCUT2D eigenvalue weighted by molar-refractivity contribution is 5.87. The number of nitrogens with one attached hydrogen (secondary N) is 1. The van der Waals surface area contributed by atoms with Crippen molar-refractivity contribution >= 4 is 11.8 Å². The average molecular weight is 358 g/mol. The molecule has 1 unspecified atom stereocenters. The first-order valence-electron chi connectivity index (χ1n) is 8.45. The van der Waals surface area contributed by atoms with E-state index in [0.29, 0.717) is 6.42 Å². The van der Waals surface area contributed by atoms with Gasteiger partial charge in [0.2, 0.25) is 11.8 Å². The predicted octanol–water partition coefficient (Wildman–Crippen LogP) is 1.89. The third-order valence-electron chi connectivity index (χ3n) is 4.03. The van der Waals surface area contributed by atoms with Crippen molar-refractivity contribution in [3.63, 3.8) is 0 Å². The largest absolute Gasteiger partial charge is 0.395 e. The second-order valence-electron chi connectivity index (χ2n) is 5.99. The summed E-state index contributed by atoms with van der Waals surface area (Å²) < 4.78 is 13.1. The molecule has 5 nitrogen and oxygen atoms in total. The molecular weight excluding hydrogens is 335 g/mol. The Balaban J connectivity index is 2.26. The third-order valence-corrected chi connectivity index (χ3v) is 4.03. The highest BCUT2D eigenvalue weighted by Gasteiger charge is 2.28. The van der Waals surface area contributed by atoms with Crippen molar-refractivity contribution < 1.29 is 19.1 Å². The number of halogens is 1. The molecule has 0 saturated heterocycles. The summed E-state index contributed by atoms with van der Waals surface area (Å²) in [4.78, 5) is 26.3. The number of amides is 2. The van der Waals surface area contributed by atoms with E-state index in [4.69, 9.17) is 5.11 Å². The molecule has 2 N–H and O–H groups in total. The highest BCUT2D eigenvalue weighted by atomic mass is 19.1. The van der Waals surface area contributed by atoms with Gasteiger partial charge in [-0.15, -0.1) is 0 Å². The van der Waals surface area contributed by atoms with E-state index in [9.17, 15) is 14.0 Å². The highest BCUT2D eigenvalue weighted by Crippen LogP contribution is 2.15. The number of benzene rings is 2. The van der Waals surface area contributed by atoms with Crippen molar-refractivity contribution in [3.05, 3.63) is 71.5 Å². The molecule has 0 saturated carbocycles. The fraction of sp³-hybridized carbons (Fsp3) is 0.300. The predicted molar refractivity (Wildman–Crippen MR) is 96.7 cm³/mol. The summed E-state index contributed by atoms with van der Waals surface area (Å²) in [6.45, 7) is 1.54. The number of hydrogen-bond acceptors (Lipinski definition) is 3. The van der Waals surface area contributed by atoms with Crippen LogP contribution < -0.4 is 5.32 Å². The monoisotopic (exact) mass is 358 g/mol. The summed E-state index contributed by atoms with van der Waals surface area (Å²) >= 11 is 0. The van der Waals surface area contributed by atoms with Crippen LogP contribution >= 0.6 is 0 Å². The first kappa shape index (κ1) is 19.6. The zero-order valence-corrected chi connectivity index (χ0v) is 14.7. The molecule has 2 amide bonds. The Bertz CT molecular complexity index is 720. The van der Waals surface area contributed by atoms with Crippen LogP contribution in [0.4, 0.5) is 4.39 Å². The van der Waals surface area contributed by atoms with E-state index in [1.807, 2.05) is 30.3 Å². The number of aliphatic hydroxyl groups is 1. The standard InChI is InChI=1S/C20H23FN2O3/c1-15(25)23(14-17-7-9-18(21)10-8-17)19(20(26)22-11-12-24)13-16-5-3-2-4-6-16/h2-10,19,24H,11-14H2,1H3,(H,22,26). The molecule has 0 radical (unpaired) electrons. The van der Waals surface area contributed by atoms with E-state index in [0.717, 1.165) is 11.1 Å². The topological polar surface area (TPSA) is 69.6 Å². The molecule has 0 aliphatic rings. The first-order chi connectivity index (χ1) is 12.5. The van der Waals surface area contributed by atoms with Crippen LogP contribution in [0.3, 0.4) is 0 Å². The van der Waals surface area contributed by atoms with Gasteiger partial charge in [-0.1, -0.05) is 42.5 Å². The second-order valence-corrected chi connectivity index (χ2v) is 5.99. The number of carbonyl (C=O) groups is 2. The van der Waals surface area contributed by atoms with Gasteiger partial charge in [-0.05, 0) is 23.3 Å². The van der Waals surface area contributed by atoms with Gasteiger partial charge in [0.05, 0.1) is 6.61 Å². The summed E-state index contributed by atoms with van der Waals surface area (Å²) in [6.07, 6.45) is 0.346. The van der Waals surface area contributed by atoms with Crippen molar-refractivity contribution in [1.82, 2.24) is 10.2 Å². The van der Waals surface area contributed by atoms with E-state index in [1.54, 1.807) is 12.1 Å². The van der Waals surface area contributed by atoms with E-state index in [1.165, 1.54) is 24.0 Å². The van der Waals surface area contributed by atoms with Gasteiger partial charge in [-0.25, -0.2) is 4.39 Å². The van der Waals surface area contributed by atoms with Crippen molar-refractivity contribution in [2.75, 3.05) is 13.2 Å². The summed E-state index contributed by atoms with van der Waals surface area (Å²) in [5.74, 6) is -0.945. The molecule has 0 heterocycles. The zero-order valence-electron chi connectivity index (χ0n) is 14.7. The molecule has 0 aliphatic carbocycles. The molecule has 0 spiro atoms. The van der Waals surface area contributed by atoms with Gasteiger partial charge >= 0.3 is 0 Å². The van der Waals surface area contributed by atoms with Gasteiger partial charge in [0.25, 0.3) is 0 Å². The summed E-state index contributed by atoms with van der Waals surface area (Å²) in [5, 5.41) is 11.6. The van der Waals surface area contributed by atoms with E-state index < -0.39 is 6.04 Å². The van der Waals surface area contributed by atoms with Crippen LogP contribution in [0.15, 0.2) is 54.6 Å². The van der Waals surface area contributed by atoms with Gasteiger partial charge in [0.1, 0.15) is 11.9 Å². The van der Waals surface area contributed by atoms with Crippen molar-refractivity contribution in [2.24, 2.45) is 0 Å². The summed E-state index contributed by atoms with van der Waals surface area (Å²) in [5.41, 5.74) is 1.65. The van der Waals surface area contributed by atoms with Crippen LogP contribution in [-0.4, -0.2) is 41.0 Å². The quantitative estimate of drug-likeness (QED) is 0.757. The molecule has 2 rings (SSSR count). The number of rotatable bonds is 8. The lowest BCUT2D eigenvalue weighted by Crippen LogP contribution is -2.50. The third kappa shape index (κ3) is 5.67. The number of carbonyl (C=O) groups excluding carboxylic acids is 2. The maximum atomic E-state index is 13.1. The fourth-order valence-electron chi connectivity index (χ4n) is 2.71. The van der Waals surface area contributed by atoms with Crippen LogP contribution in [0.5, 0.6) is 0 Å². The minimum Gasteiger partial charge on any atom is -0.395 e.